The van der Waals surface area contributed by atoms with Crippen LogP contribution in [-0.2, 0) is 14.8 Å². The van der Waals surface area contributed by atoms with Crippen molar-refractivity contribution in [2.45, 2.75) is 31.7 Å². The van der Waals surface area contributed by atoms with Crippen LogP contribution in [-0.4, -0.2) is 48.3 Å². The number of alkyl halides is 1. The fraction of sp³-hybridized carbons (Fsp3) is 0.889. The summed E-state index contributed by atoms with van der Waals surface area (Å²) in [4.78, 5) is 11.1. The van der Waals surface area contributed by atoms with E-state index in [0.29, 0.717) is 12.8 Å². The van der Waals surface area contributed by atoms with E-state index in [1.165, 1.54) is 6.92 Å². The van der Waals surface area contributed by atoms with Crippen molar-refractivity contribution in [3.63, 3.8) is 0 Å². The van der Waals surface area contributed by atoms with Gasteiger partial charge in [-0.2, -0.15) is 4.31 Å². The van der Waals surface area contributed by atoms with Crippen LogP contribution in [0.4, 0.5) is 4.39 Å². The molecule has 0 unspecified atom stereocenters. The smallest absolute Gasteiger partial charge is 0.324 e. The van der Waals surface area contributed by atoms with Gasteiger partial charge in [0.05, 0.1) is 12.4 Å². The van der Waals surface area contributed by atoms with Crippen molar-refractivity contribution in [2.24, 2.45) is 0 Å². The Morgan fingerprint density at radius 2 is 2.19 bits per heavy atom. The minimum atomic E-state index is -3.66. The molecular formula is C9H16FNO4S. The Morgan fingerprint density at radius 3 is 2.69 bits per heavy atom. The van der Waals surface area contributed by atoms with Gasteiger partial charge in [-0.05, 0) is 26.2 Å². The first kappa shape index (κ1) is 13.4. The first-order valence-corrected chi connectivity index (χ1v) is 6.75. The summed E-state index contributed by atoms with van der Waals surface area (Å²) in [5, 5.41) is 9.05. The number of sulfonamides is 1. The molecular weight excluding hydrogens is 237 g/mol. The van der Waals surface area contributed by atoms with E-state index >= 15 is 0 Å². The summed E-state index contributed by atoms with van der Waals surface area (Å²) < 4.78 is 36.6. The predicted octanol–water partition coefficient (Wildman–Crippen LogP) is 0.615. The van der Waals surface area contributed by atoms with Crippen LogP contribution in [0.1, 0.15) is 26.2 Å². The fourth-order valence-corrected chi connectivity index (χ4v) is 3.83. The summed E-state index contributed by atoms with van der Waals surface area (Å²) in [6.45, 7) is 0.892. The maximum atomic E-state index is 12.0. The molecule has 0 aromatic rings. The number of carbonyl (C=O) groups is 1. The van der Waals surface area contributed by atoms with Gasteiger partial charge in [0.1, 0.15) is 5.54 Å². The molecule has 1 rings (SSSR count). The molecule has 1 fully saturated rings. The van der Waals surface area contributed by atoms with Crippen LogP contribution in [0.2, 0.25) is 0 Å². The van der Waals surface area contributed by atoms with Crippen molar-refractivity contribution < 1.29 is 22.7 Å². The van der Waals surface area contributed by atoms with E-state index in [-0.39, 0.29) is 18.7 Å². The third-order valence-corrected chi connectivity index (χ3v) is 4.97. The van der Waals surface area contributed by atoms with Crippen LogP contribution in [0, 0.1) is 0 Å². The van der Waals surface area contributed by atoms with E-state index in [1.54, 1.807) is 0 Å². The van der Waals surface area contributed by atoms with Crippen LogP contribution in [0.15, 0.2) is 0 Å². The zero-order valence-electron chi connectivity index (χ0n) is 9.15. The highest BCUT2D eigenvalue weighted by Gasteiger charge is 2.48. The summed E-state index contributed by atoms with van der Waals surface area (Å²) >= 11 is 0. The molecule has 1 heterocycles. The monoisotopic (exact) mass is 253 g/mol. The van der Waals surface area contributed by atoms with Crippen molar-refractivity contribution in [3.05, 3.63) is 0 Å². The summed E-state index contributed by atoms with van der Waals surface area (Å²) in [5.74, 6) is -1.47. The fourth-order valence-electron chi connectivity index (χ4n) is 1.95. The van der Waals surface area contributed by atoms with Gasteiger partial charge in [-0.25, -0.2) is 8.42 Å². The lowest BCUT2D eigenvalue weighted by atomic mass is 10.0. The molecule has 0 spiro atoms. The molecule has 1 N–H and O–H groups in total. The van der Waals surface area contributed by atoms with E-state index < -0.39 is 28.2 Å². The normalized spacial score (nSPS) is 27.1. The van der Waals surface area contributed by atoms with Crippen LogP contribution in [0.25, 0.3) is 0 Å². The van der Waals surface area contributed by atoms with E-state index in [0.717, 1.165) is 4.31 Å². The number of carboxylic acids is 1. The first-order valence-electron chi connectivity index (χ1n) is 5.14. The second kappa shape index (κ2) is 4.67. The number of hydrogen-bond donors (Lipinski definition) is 1. The largest absolute Gasteiger partial charge is 0.480 e. The molecule has 1 aliphatic rings. The minimum Gasteiger partial charge on any atom is -0.480 e. The lowest BCUT2D eigenvalue weighted by Gasteiger charge is -2.30. The Bertz CT molecular complexity index is 370. The number of hydrogen-bond acceptors (Lipinski definition) is 3. The van der Waals surface area contributed by atoms with E-state index in [2.05, 4.69) is 0 Å². The maximum absolute atomic E-state index is 12.0. The van der Waals surface area contributed by atoms with Gasteiger partial charge in [-0.15, -0.1) is 0 Å². The van der Waals surface area contributed by atoms with Gasteiger partial charge in [-0.1, -0.05) is 0 Å². The Labute approximate surface area is 94.3 Å². The molecule has 0 saturated carbocycles. The molecule has 0 aliphatic carbocycles. The highest BCUT2D eigenvalue weighted by atomic mass is 32.2. The standard InChI is InChI=1S/C9H16FNO4S/c1-9(8(12)13)4-2-6-11(9)16(14,15)7-3-5-10/h2-7H2,1H3,(H,12,13)/t9-/m0/s1. The lowest BCUT2D eigenvalue weighted by molar-refractivity contribution is -0.146. The van der Waals surface area contributed by atoms with Crippen molar-refractivity contribution in [2.75, 3.05) is 19.0 Å². The van der Waals surface area contributed by atoms with Crippen molar-refractivity contribution in [3.8, 4) is 0 Å². The van der Waals surface area contributed by atoms with Gasteiger partial charge in [-0.3, -0.25) is 9.18 Å². The van der Waals surface area contributed by atoms with Gasteiger partial charge in [0.2, 0.25) is 10.0 Å². The zero-order valence-corrected chi connectivity index (χ0v) is 9.96. The Morgan fingerprint density at radius 1 is 1.56 bits per heavy atom. The van der Waals surface area contributed by atoms with Crippen molar-refractivity contribution >= 4 is 16.0 Å². The number of halogens is 1. The van der Waals surface area contributed by atoms with Gasteiger partial charge in [0.25, 0.3) is 0 Å². The lowest BCUT2D eigenvalue weighted by Crippen LogP contribution is -2.51. The first-order chi connectivity index (χ1) is 7.34. The zero-order chi connectivity index (χ0) is 12.4. The number of nitrogens with zero attached hydrogens (tertiary/aromatic N) is 1. The predicted molar refractivity (Wildman–Crippen MR) is 56.4 cm³/mol. The average Bonchev–Trinajstić information content (AvgIpc) is 2.59. The molecule has 7 heteroatoms. The molecule has 94 valence electrons. The van der Waals surface area contributed by atoms with Crippen LogP contribution in [0.5, 0.6) is 0 Å². The van der Waals surface area contributed by atoms with Crippen LogP contribution in [0.3, 0.4) is 0 Å². The Kier molecular flexibility index (Phi) is 3.90. The van der Waals surface area contributed by atoms with E-state index in [9.17, 15) is 17.6 Å². The minimum absolute atomic E-state index is 0.0888. The van der Waals surface area contributed by atoms with E-state index in [1.807, 2.05) is 0 Å². The Balaban J connectivity index is 2.91. The quantitative estimate of drug-likeness (QED) is 0.779. The summed E-state index contributed by atoms with van der Waals surface area (Å²) in [5.41, 5.74) is -1.37. The molecule has 0 aromatic heterocycles. The van der Waals surface area contributed by atoms with Gasteiger partial charge < -0.3 is 5.11 Å². The summed E-state index contributed by atoms with van der Waals surface area (Å²) in [6, 6.07) is 0. The summed E-state index contributed by atoms with van der Waals surface area (Å²) in [6.07, 6.45) is 0.739. The van der Waals surface area contributed by atoms with Gasteiger partial charge >= 0.3 is 5.97 Å². The van der Waals surface area contributed by atoms with Gasteiger partial charge in [0.15, 0.2) is 0 Å². The third kappa shape index (κ3) is 2.35. The molecule has 5 nitrogen and oxygen atoms in total. The summed E-state index contributed by atoms with van der Waals surface area (Å²) in [7, 11) is -3.66. The SMILES string of the molecule is C[C@@]1(C(=O)O)CCCN1S(=O)(=O)CCCF. The van der Waals surface area contributed by atoms with Gasteiger partial charge in [0, 0.05) is 6.54 Å². The number of rotatable bonds is 5. The molecule has 0 bridgehead atoms. The van der Waals surface area contributed by atoms with Crippen molar-refractivity contribution in [1.29, 1.82) is 0 Å². The molecule has 16 heavy (non-hydrogen) atoms. The average molecular weight is 253 g/mol. The highest BCUT2D eigenvalue weighted by Crippen LogP contribution is 2.32. The topological polar surface area (TPSA) is 74.7 Å². The highest BCUT2D eigenvalue weighted by molar-refractivity contribution is 7.89. The second-order valence-electron chi connectivity index (χ2n) is 4.11. The molecule has 0 radical (unpaired) electrons. The number of carboxylic acid groups (broad SMARTS) is 1. The second-order valence-corrected chi connectivity index (χ2v) is 6.13. The molecule has 0 amide bonds. The van der Waals surface area contributed by atoms with Crippen LogP contribution < -0.4 is 0 Å². The maximum Gasteiger partial charge on any atom is 0.324 e. The van der Waals surface area contributed by atoms with E-state index in [4.69, 9.17) is 5.11 Å². The Hall–Kier alpha value is -0.690. The number of aliphatic carboxylic acids is 1. The third-order valence-electron chi connectivity index (χ3n) is 2.91. The molecule has 1 atom stereocenters. The molecule has 1 saturated heterocycles. The molecule has 0 aromatic carbocycles. The van der Waals surface area contributed by atoms with Crippen LogP contribution >= 0.6 is 0 Å². The van der Waals surface area contributed by atoms with Crippen molar-refractivity contribution in [1.82, 2.24) is 4.31 Å². The molecule has 1 aliphatic heterocycles.